The minimum Gasteiger partial charge on any atom is -0.457 e. The van der Waals surface area contributed by atoms with Crippen LogP contribution in [0, 0.1) is 0 Å². The minimum atomic E-state index is 0.705. The van der Waals surface area contributed by atoms with Gasteiger partial charge in [0.2, 0.25) is 0 Å². The number of nitrogen functional groups attached to an aromatic ring is 2. The van der Waals surface area contributed by atoms with Crippen molar-refractivity contribution in [3.05, 3.63) is 106 Å². The summed E-state index contributed by atoms with van der Waals surface area (Å²) in [4.78, 5) is 0. The molecule has 4 N–H and O–H groups in total. The summed E-state index contributed by atoms with van der Waals surface area (Å²) < 4.78 is 13.1. The fourth-order valence-corrected chi connectivity index (χ4v) is 4.62. The first-order chi connectivity index (χ1) is 17.9. The monoisotopic (exact) mass is 494 g/mol. The molecule has 0 radical (unpaired) electrons. The second-order valence-electron chi connectivity index (χ2n) is 9.42. The maximum Gasteiger partial charge on any atom is 0.134 e. The second-order valence-corrected chi connectivity index (χ2v) is 9.42. The van der Waals surface area contributed by atoms with Gasteiger partial charge in [-0.1, -0.05) is 52.0 Å². The van der Waals surface area contributed by atoms with Gasteiger partial charge in [-0.15, -0.1) is 0 Å². The number of aryl methyl sites for hydroxylation is 4. The van der Waals surface area contributed by atoms with Crippen molar-refractivity contribution in [3.63, 3.8) is 0 Å². The van der Waals surface area contributed by atoms with E-state index < -0.39 is 0 Å². The van der Waals surface area contributed by atoms with Crippen molar-refractivity contribution < 1.29 is 9.47 Å². The lowest BCUT2D eigenvalue weighted by Gasteiger charge is -2.21. The van der Waals surface area contributed by atoms with Crippen molar-refractivity contribution in [3.8, 4) is 23.0 Å². The van der Waals surface area contributed by atoms with Gasteiger partial charge in [0.15, 0.2) is 0 Å². The molecule has 0 heterocycles. The van der Waals surface area contributed by atoms with Crippen LogP contribution < -0.4 is 20.9 Å². The van der Waals surface area contributed by atoms with E-state index in [0.717, 1.165) is 71.2 Å². The Kier molecular flexibility index (Phi) is 8.39. The van der Waals surface area contributed by atoms with Crippen LogP contribution in [-0.4, -0.2) is 0 Å². The average molecular weight is 495 g/mol. The highest BCUT2D eigenvalue weighted by Gasteiger charge is 2.18. The maximum atomic E-state index is 6.53. The lowest BCUT2D eigenvalue weighted by Crippen LogP contribution is -2.04. The number of hydrogen-bond donors (Lipinski definition) is 2. The van der Waals surface area contributed by atoms with Gasteiger partial charge in [-0.25, -0.2) is 0 Å². The number of benzene rings is 4. The van der Waals surface area contributed by atoms with Crippen LogP contribution in [0.1, 0.15) is 61.1 Å². The van der Waals surface area contributed by atoms with Crippen molar-refractivity contribution in [2.45, 2.75) is 59.8 Å². The second kappa shape index (κ2) is 11.9. The Morgan fingerprint density at radius 1 is 0.486 bits per heavy atom. The third kappa shape index (κ3) is 6.26. The van der Waals surface area contributed by atoms with Crippen LogP contribution in [0.25, 0.3) is 0 Å². The molecule has 4 aromatic rings. The predicted molar refractivity (Wildman–Crippen MR) is 155 cm³/mol. The molecule has 4 rings (SSSR count). The molecule has 37 heavy (non-hydrogen) atoms. The number of ether oxygens (including phenoxy) is 2. The van der Waals surface area contributed by atoms with E-state index in [-0.39, 0.29) is 0 Å². The molecule has 4 nitrogen and oxygen atoms in total. The quantitative estimate of drug-likeness (QED) is 0.218. The van der Waals surface area contributed by atoms with Crippen molar-refractivity contribution in [1.82, 2.24) is 0 Å². The molecule has 192 valence electrons. The van der Waals surface area contributed by atoms with Crippen LogP contribution in [0.2, 0.25) is 0 Å². The van der Waals surface area contributed by atoms with Gasteiger partial charge in [0.05, 0.1) is 0 Å². The third-order valence-electron chi connectivity index (χ3n) is 6.76. The molecule has 0 aromatic heterocycles. The first-order valence-electron chi connectivity index (χ1n) is 13.3. The molecule has 0 spiro atoms. The van der Waals surface area contributed by atoms with Gasteiger partial charge in [0, 0.05) is 17.8 Å². The molecular weight excluding hydrogens is 456 g/mol. The molecule has 0 unspecified atom stereocenters. The van der Waals surface area contributed by atoms with Gasteiger partial charge < -0.3 is 20.9 Å². The molecular formula is C33H38N2O2. The molecule has 0 atom stereocenters. The Balaban J connectivity index is 1.83. The van der Waals surface area contributed by atoms with Gasteiger partial charge in [-0.2, -0.15) is 0 Å². The summed E-state index contributed by atoms with van der Waals surface area (Å²) >= 11 is 0. The molecule has 4 heteroatoms. The zero-order valence-electron chi connectivity index (χ0n) is 22.4. The van der Waals surface area contributed by atoms with Gasteiger partial charge in [-0.3, -0.25) is 0 Å². The normalized spacial score (nSPS) is 10.9. The average Bonchev–Trinajstić information content (AvgIpc) is 2.92. The first-order valence-corrected chi connectivity index (χ1v) is 13.3. The zero-order chi connectivity index (χ0) is 26.4. The summed E-state index contributed by atoms with van der Waals surface area (Å²) in [5, 5.41) is 0. The molecule has 4 aromatic carbocycles. The lowest BCUT2D eigenvalue weighted by molar-refractivity contribution is 0.465. The molecule has 0 fully saturated rings. The van der Waals surface area contributed by atoms with Crippen LogP contribution in [-0.2, 0) is 32.1 Å². The van der Waals surface area contributed by atoms with Crippen LogP contribution in [0.3, 0.4) is 0 Å². The van der Waals surface area contributed by atoms with Crippen molar-refractivity contribution in [1.29, 1.82) is 0 Å². The Morgan fingerprint density at radius 3 is 1.16 bits per heavy atom. The molecule has 0 bridgehead atoms. The fourth-order valence-electron chi connectivity index (χ4n) is 4.62. The number of hydrogen-bond acceptors (Lipinski definition) is 4. The molecule has 0 saturated carbocycles. The smallest absolute Gasteiger partial charge is 0.134 e. The van der Waals surface area contributed by atoms with E-state index >= 15 is 0 Å². The summed E-state index contributed by atoms with van der Waals surface area (Å²) in [6, 6.07) is 24.3. The van der Waals surface area contributed by atoms with E-state index in [1.54, 1.807) is 0 Å². The van der Waals surface area contributed by atoms with Gasteiger partial charge >= 0.3 is 0 Å². The van der Waals surface area contributed by atoms with E-state index in [1.807, 2.05) is 48.5 Å². The van der Waals surface area contributed by atoms with Crippen LogP contribution in [0.15, 0.2) is 72.8 Å². The molecule has 0 amide bonds. The number of rotatable bonds is 10. The highest BCUT2D eigenvalue weighted by molar-refractivity contribution is 5.55. The third-order valence-corrected chi connectivity index (χ3v) is 6.76. The van der Waals surface area contributed by atoms with E-state index in [2.05, 4.69) is 52.0 Å². The highest BCUT2D eigenvalue weighted by Crippen LogP contribution is 2.38. The minimum absolute atomic E-state index is 0.705. The fraction of sp³-hybridized carbons (Fsp3) is 0.273. The van der Waals surface area contributed by atoms with Gasteiger partial charge in [0.25, 0.3) is 0 Å². The van der Waals surface area contributed by atoms with Gasteiger partial charge in [-0.05, 0) is 108 Å². The van der Waals surface area contributed by atoms with Crippen molar-refractivity contribution in [2.75, 3.05) is 11.5 Å². The van der Waals surface area contributed by atoms with E-state index in [0.29, 0.717) is 6.42 Å². The zero-order valence-corrected chi connectivity index (χ0v) is 22.4. The molecule has 0 aliphatic heterocycles. The van der Waals surface area contributed by atoms with Crippen LogP contribution >= 0.6 is 0 Å². The number of anilines is 2. The molecule has 0 aliphatic carbocycles. The van der Waals surface area contributed by atoms with E-state index in [4.69, 9.17) is 20.9 Å². The Bertz CT molecular complexity index is 1240. The SMILES string of the molecule is CCc1cc(CC)c(Oc2ccc(N)cc2)c(Cc2cc(CC)cc(CC)c2Oc2ccc(N)cc2)c1. The van der Waals surface area contributed by atoms with E-state index in [1.165, 1.54) is 22.3 Å². The summed E-state index contributed by atoms with van der Waals surface area (Å²) in [6.07, 6.45) is 4.40. The Labute approximate surface area is 221 Å². The van der Waals surface area contributed by atoms with Crippen LogP contribution in [0.5, 0.6) is 23.0 Å². The van der Waals surface area contributed by atoms with Crippen molar-refractivity contribution in [2.24, 2.45) is 0 Å². The Hall–Kier alpha value is -3.92. The summed E-state index contributed by atoms with van der Waals surface area (Å²) in [7, 11) is 0. The first kappa shape index (κ1) is 26.2. The summed E-state index contributed by atoms with van der Waals surface area (Å²) in [5.41, 5.74) is 20.6. The standard InChI is InChI=1S/C33H38N2O2/c1-5-22-17-24(7-3)32(36-30-13-9-28(34)10-14-30)26(19-22)21-27-20-23(6-2)18-25(8-4)33(27)37-31-15-11-29(35)12-16-31/h9-20H,5-8,21,34-35H2,1-4H3. The maximum absolute atomic E-state index is 6.53. The lowest BCUT2D eigenvalue weighted by atomic mass is 9.93. The largest absolute Gasteiger partial charge is 0.457 e. The molecule has 0 saturated heterocycles. The van der Waals surface area contributed by atoms with Gasteiger partial charge in [0.1, 0.15) is 23.0 Å². The summed E-state index contributed by atoms with van der Waals surface area (Å²) in [5.74, 6) is 3.40. The van der Waals surface area contributed by atoms with Crippen LogP contribution in [0.4, 0.5) is 11.4 Å². The topological polar surface area (TPSA) is 70.5 Å². The Morgan fingerprint density at radius 2 is 0.838 bits per heavy atom. The highest BCUT2D eigenvalue weighted by atomic mass is 16.5. The summed E-state index contributed by atoms with van der Waals surface area (Å²) in [6.45, 7) is 8.75. The molecule has 0 aliphatic rings. The van der Waals surface area contributed by atoms with Crippen molar-refractivity contribution >= 4 is 11.4 Å². The number of nitrogens with two attached hydrogens (primary N) is 2. The van der Waals surface area contributed by atoms with E-state index in [9.17, 15) is 0 Å². The predicted octanol–water partition coefficient (Wildman–Crippen LogP) is 8.28.